The molecule has 0 bridgehead atoms. The first kappa shape index (κ1) is 11.0. The summed E-state index contributed by atoms with van der Waals surface area (Å²) >= 11 is 0. The minimum atomic E-state index is -3.18. The molecule has 1 aromatic carbocycles. The fourth-order valence-electron chi connectivity index (χ4n) is 2.99. The summed E-state index contributed by atoms with van der Waals surface area (Å²) in [5.41, 5.74) is 0.458. The Morgan fingerprint density at radius 3 is 2.53 bits per heavy atom. The number of hydrogen-bond donors (Lipinski definition) is 0. The Hall–Kier alpha value is -1.16. The predicted molar refractivity (Wildman–Crippen MR) is 63.6 cm³/mol. The SMILES string of the molecule is CC(=O)C1(C2CS(=O)(=O)c3ccccc32)CC1. The third-order valence-corrected chi connectivity index (χ3v) is 5.99. The smallest absolute Gasteiger partial charge is 0.179 e. The molecule has 3 nitrogen and oxygen atoms in total. The Kier molecular flexibility index (Phi) is 2.06. The highest BCUT2D eigenvalue weighted by molar-refractivity contribution is 7.91. The lowest BCUT2D eigenvalue weighted by atomic mass is 9.82. The van der Waals surface area contributed by atoms with E-state index in [4.69, 9.17) is 0 Å². The van der Waals surface area contributed by atoms with E-state index in [1.54, 1.807) is 19.1 Å². The lowest BCUT2D eigenvalue weighted by Gasteiger charge is -2.19. The van der Waals surface area contributed by atoms with Crippen molar-refractivity contribution in [1.82, 2.24) is 0 Å². The molecule has 1 heterocycles. The van der Waals surface area contributed by atoms with E-state index in [2.05, 4.69) is 0 Å². The van der Waals surface area contributed by atoms with Crippen LogP contribution in [0.5, 0.6) is 0 Å². The number of Topliss-reactive ketones (excluding diaryl/α,β-unsaturated/α-hetero) is 1. The first-order chi connectivity index (χ1) is 7.97. The van der Waals surface area contributed by atoms with Gasteiger partial charge >= 0.3 is 0 Å². The fourth-order valence-corrected chi connectivity index (χ4v) is 4.96. The third kappa shape index (κ3) is 1.40. The molecule has 0 spiro atoms. The van der Waals surface area contributed by atoms with Crippen LogP contribution in [0.2, 0.25) is 0 Å². The van der Waals surface area contributed by atoms with Crippen LogP contribution in [-0.4, -0.2) is 20.0 Å². The van der Waals surface area contributed by atoms with Gasteiger partial charge in [0, 0.05) is 11.3 Å². The monoisotopic (exact) mass is 250 g/mol. The van der Waals surface area contributed by atoms with E-state index in [1.165, 1.54) is 0 Å². The zero-order chi connectivity index (χ0) is 12.3. The highest BCUT2D eigenvalue weighted by atomic mass is 32.2. The third-order valence-electron chi connectivity index (χ3n) is 4.17. The number of rotatable bonds is 2. The molecule has 1 aromatic rings. The number of carbonyl (C=O) groups excluding carboxylic acids is 1. The summed E-state index contributed by atoms with van der Waals surface area (Å²) in [7, 11) is -3.18. The standard InChI is InChI=1S/C13H14O3S/c1-9(14)13(6-7-13)11-8-17(15,16)12-5-3-2-4-10(11)12/h2-5,11H,6-8H2,1H3. The molecule has 1 aliphatic carbocycles. The van der Waals surface area contributed by atoms with Gasteiger partial charge in [0.15, 0.2) is 9.84 Å². The first-order valence-corrected chi connectivity index (χ1v) is 7.45. The number of sulfone groups is 1. The zero-order valence-corrected chi connectivity index (χ0v) is 10.5. The summed E-state index contributed by atoms with van der Waals surface area (Å²) in [5.74, 6) is 0.113. The Balaban J connectivity index is 2.16. The fraction of sp³-hybridized carbons (Fsp3) is 0.462. The summed E-state index contributed by atoms with van der Waals surface area (Å²) in [6.07, 6.45) is 1.66. The van der Waals surface area contributed by atoms with Crippen molar-refractivity contribution in [2.75, 3.05) is 5.75 Å². The topological polar surface area (TPSA) is 51.2 Å². The molecule has 1 aliphatic heterocycles. The molecule has 0 amide bonds. The van der Waals surface area contributed by atoms with Gasteiger partial charge in [-0.05, 0) is 31.4 Å². The van der Waals surface area contributed by atoms with E-state index >= 15 is 0 Å². The van der Waals surface area contributed by atoms with Gasteiger partial charge in [0.1, 0.15) is 5.78 Å². The van der Waals surface area contributed by atoms with Gasteiger partial charge in [0.2, 0.25) is 0 Å². The van der Waals surface area contributed by atoms with Crippen molar-refractivity contribution < 1.29 is 13.2 Å². The molecule has 0 saturated heterocycles. The van der Waals surface area contributed by atoms with Gasteiger partial charge in [-0.3, -0.25) is 4.79 Å². The van der Waals surface area contributed by atoms with Crippen LogP contribution in [0.15, 0.2) is 29.2 Å². The highest BCUT2D eigenvalue weighted by Crippen LogP contribution is 2.60. The van der Waals surface area contributed by atoms with Crippen molar-refractivity contribution in [3.63, 3.8) is 0 Å². The minimum absolute atomic E-state index is 0.103. The van der Waals surface area contributed by atoms with E-state index in [1.807, 2.05) is 12.1 Å². The quantitative estimate of drug-likeness (QED) is 0.806. The largest absolute Gasteiger partial charge is 0.299 e. The number of carbonyl (C=O) groups is 1. The van der Waals surface area contributed by atoms with Gasteiger partial charge in [0.25, 0.3) is 0 Å². The summed E-state index contributed by atoms with van der Waals surface area (Å²) in [5, 5.41) is 0. The van der Waals surface area contributed by atoms with E-state index in [9.17, 15) is 13.2 Å². The lowest BCUT2D eigenvalue weighted by Crippen LogP contribution is -2.23. The second kappa shape index (κ2) is 3.19. The van der Waals surface area contributed by atoms with E-state index in [-0.39, 0.29) is 22.9 Å². The molecule has 90 valence electrons. The molecule has 3 rings (SSSR count). The van der Waals surface area contributed by atoms with Gasteiger partial charge in [-0.15, -0.1) is 0 Å². The molecular formula is C13H14O3S. The number of hydrogen-bond acceptors (Lipinski definition) is 3. The normalized spacial score (nSPS) is 27.5. The molecule has 1 fully saturated rings. The van der Waals surface area contributed by atoms with Crippen LogP contribution in [0.1, 0.15) is 31.2 Å². The molecule has 17 heavy (non-hydrogen) atoms. The predicted octanol–water partition coefficient (Wildman–Crippen LogP) is 1.93. The van der Waals surface area contributed by atoms with Crippen molar-refractivity contribution in [1.29, 1.82) is 0 Å². The van der Waals surface area contributed by atoms with E-state index < -0.39 is 9.84 Å². The summed E-state index contributed by atoms with van der Waals surface area (Å²) in [6, 6.07) is 7.10. The number of ketones is 1. The van der Waals surface area contributed by atoms with Crippen molar-refractivity contribution in [3.8, 4) is 0 Å². The summed E-state index contributed by atoms with van der Waals surface area (Å²) in [6.45, 7) is 1.58. The zero-order valence-electron chi connectivity index (χ0n) is 9.64. The Morgan fingerprint density at radius 2 is 1.94 bits per heavy atom. The van der Waals surface area contributed by atoms with Gasteiger partial charge in [-0.25, -0.2) is 8.42 Å². The lowest BCUT2D eigenvalue weighted by molar-refractivity contribution is -0.122. The molecule has 2 aliphatic rings. The molecule has 1 atom stereocenters. The highest BCUT2D eigenvalue weighted by Gasteiger charge is 2.57. The van der Waals surface area contributed by atoms with Crippen LogP contribution >= 0.6 is 0 Å². The van der Waals surface area contributed by atoms with Crippen LogP contribution in [0, 0.1) is 5.41 Å². The molecule has 0 radical (unpaired) electrons. The Morgan fingerprint density at radius 1 is 1.29 bits per heavy atom. The average Bonchev–Trinajstić information content (AvgIpc) is 3.03. The Bertz CT molecular complexity index is 597. The molecule has 1 unspecified atom stereocenters. The number of benzene rings is 1. The van der Waals surface area contributed by atoms with Gasteiger partial charge in [-0.1, -0.05) is 18.2 Å². The van der Waals surface area contributed by atoms with E-state index in [0.29, 0.717) is 4.90 Å². The molecule has 0 aromatic heterocycles. The van der Waals surface area contributed by atoms with E-state index in [0.717, 1.165) is 18.4 Å². The first-order valence-electron chi connectivity index (χ1n) is 5.80. The average molecular weight is 250 g/mol. The second-order valence-electron chi connectivity index (χ2n) is 5.08. The minimum Gasteiger partial charge on any atom is -0.299 e. The van der Waals surface area contributed by atoms with Crippen molar-refractivity contribution >= 4 is 15.6 Å². The van der Waals surface area contributed by atoms with Crippen LogP contribution in [0.3, 0.4) is 0 Å². The second-order valence-corrected chi connectivity index (χ2v) is 7.09. The van der Waals surface area contributed by atoms with Crippen LogP contribution in [-0.2, 0) is 14.6 Å². The van der Waals surface area contributed by atoms with Gasteiger partial charge in [0.05, 0.1) is 10.6 Å². The van der Waals surface area contributed by atoms with Crippen LogP contribution < -0.4 is 0 Å². The maximum Gasteiger partial charge on any atom is 0.179 e. The van der Waals surface area contributed by atoms with Crippen molar-refractivity contribution in [3.05, 3.63) is 29.8 Å². The van der Waals surface area contributed by atoms with Crippen molar-refractivity contribution in [2.45, 2.75) is 30.6 Å². The maximum absolute atomic E-state index is 12.0. The number of fused-ring (bicyclic) bond motifs is 1. The maximum atomic E-state index is 12.0. The molecule has 1 saturated carbocycles. The van der Waals surface area contributed by atoms with Crippen LogP contribution in [0.4, 0.5) is 0 Å². The van der Waals surface area contributed by atoms with Gasteiger partial charge in [-0.2, -0.15) is 0 Å². The summed E-state index contributed by atoms with van der Waals surface area (Å²) in [4.78, 5) is 12.2. The molecule has 4 heteroatoms. The molecular weight excluding hydrogens is 236 g/mol. The van der Waals surface area contributed by atoms with Crippen molar-refractivity contribution in [2.24, 2.45) is 5.41 Å². The Labute approximate surface area is 101 Å². The van der Waals surface area contributed by atoms with Crippen LogP contribution in [0.25, 0.3) is 0 Å². The van der Waals surface area contributed by atoms with Gasteiger partial charge < -0.3 is 0 Å². The molecule has 0 N–H and O–H groups in total. The summed E-state index contributed by atoms with van der Waals surface area (Å²) < 4.78 is 24.1.